The Morgan fingerprint density at radius 2 is 2.44 bits per heavy atom. The van der Waals surface area contributed by atoms with Crippen molar-refractivity contribution in [2.75, 3.05) is 11.1 Å². The zero-order valence-electron chi connectivity index (χ0n) is 8.43. The molecule has 2 rings (SSSR count). The second-order valence-electron chi connectivity index (χ2n) is 3.03. The van der Waals surface area contributed by atoms with Crippen LogP contribution in [0.4, 0.5) is 11.1 Å². The molecular weight excluding hydrogens is 230 g/mol. The van der Waals surface area contributed by atoms with Gasteiger partial charge in [-0.1, -0.05) is 5.10 Å². The molecule has 3 N–H and O–H groups in total. The largest absolute Gasteiger partial charge is 0.408 e. The van der Waals surface area contributed by atoms with Crippen molar-refractivity contribution in [2.45, 2.75) is 13.3 Å². The van der Waals surface area contributed by atoms with E-state index in [1.54, 1.807) is 12.3 Å². The Morgan fingerprint density at radius 3 is 3.00 bits per heavy atom. The van der Waals surface area contributed by atoms with Gasteiger partial charge in [0.2, 0.25) is 11.8 Å². The van der Waals surface area contributed by atoms with Crippen LogP contribution < -0.4 is 11.1 Å². The molecular formula is C8H9N5O2S. The number of nitrogens with two attached hydrogens (primary N) is 1. The van der Waals surface area contributed by atoms with Crippen LogP contribution in [0.2, 0.25) is 0 Å². The highest BCUT2D eigenvalue weighted by molar-refractivity contribution is 7.13. The fourth-order valence-electron chi connectivity index (χ4n) is 1.08. The van der Waals surface area contributed by atoms with Gasteiger partial charge in [0.05, 0.1) is 12.1 Å². The number of nitrogens with zero attached hydrogens (tertiary/aromatic N) is 3. The molecule has 0 aromatic carbocycles. The number of carbonyl (C=O) groups excluding carboxylic acids is 1. The van der Waals surface area contributed by atoms with E-state index in [1.807, 2.05) is 0 Å². The van der Waals surface area contributed by atoms with Crippen LogP contribution in [-0.4, -0.2) is 21.1 Å². The Labute approximate surface area is 94.7 Å². The van der Waals surface area contributed by atoms with Crippen LogP contribution in [-0.2, 0) is 11.2 Å². The molecule has 0 fully saturated rings. The quantitative estimate of drug-likeness (QED) is 0.812. The van der Waals surface area contributed by atoms with Crippen LogP contribution in [0.25, 0.3) is 0 Å². The van der Waals surface area contributed by atoms with Gasteiger partial charge in [-0.3, -0.25) is 10.1 Å². The first kappa shape index (κ1) is 10.6. The standard InChI is InChI=1S/C8H9N5O2S/c1-4-12-13-8(15-4)11-6(14)2-5-3-16-7(9)10-5/h3H,2H2,1H3,(H2,9,10)(H,11,13,14). The Hall–Kier alpha value is -1.96. The average Bonchev–Trinajstić information content (AvgIpc) is 2.76. The number of nitrogen functional groups attached to an aromatic ring is 1. The number of nitrogens with one attached hydrogen (secondary N) is 1. The average molecular weight is 239 g/mol. The van der Waals surface area contributed by atoms with Gasteiger partial charge in [0.25, 0.3) is 0 Å². The van der Waals surface area contributed by atoms with Crippen molar-refractivity contribution in [1.29, 1.82) is 0 Å². The van der Waals surface area contributed by atoms with Crippen LogP contribution in [0.3, 0.4) is 0 Å². The van der Waals surface area contributed by atoms with Crippen LogP contribution in [0, 0.1) is 6.92 Å². The van der Waals surface area contributed by atoms with Gasteiger partial charge in [-0.05, 0) is 0 Å². The molecule has 84 valence electrons. The predicted molar refractivity (Wildman–Crippen MR) is 57.9 cm³/mol. The van der Waals surface area contributed by atoms with E-state index in [4.69, 9.17) is 10.2 Å². The van der Waals surface area contributed by atoms with Gasteiger partial charge < -0.3 is 10.2 Å². The summed E-state index contributed by atoms with van der Waals surface area (Å²) in [4.78, 5) is 15.5. The van der Waals surface area contributed by atoms with Crippen LogP contribution in [0.5, 0.6) is 0 Å². The van der Waals surface area contributed by atoms with E-state index < -0.39 is 0 Å². The minimum atomic E-state index is -0.269. The van der Waals surface area contributed by atoms with E-state index in [9.17, 15) is 4.79 Å². The fourth-order valence-corrected chi connectivity index (χ4v) is 1.64. The second kappa shape index (κ2) is 4.27. The van der Waals surface area contributed by atoms with Gasteiger partial charge in [0.15, 0.2) is 5.13 Å². The number of anilines is 2. The van der Waals surface area contributed by atoms with Crippen LogP contribution >= 0.6 is 11.3 Å². The molecule has 2 heterocycles. The lowest BCUT2D eigenvalue weighted by Crippen LogP contribution is -2.14. The maximum Gasteiger partial charge on any atom is 0.322 e. The van der Waals surface area contributed by atoms with Crippen molar-refractivity contribution in [2.24, 2.45) is 0 Å². The molecule has 0 aliphatic carbocycles. The van der Waals surface area contributed by atoms with Crippen LogP contribution in [0.15, 0.2) is 9.80 Å². The number of hydrogen-bond donors (Lipinski definition) is 2. The maximum absolute atomic E-state index is 11.5. The molecule has 0 unspecified atom stereocenters. The van der Waals surface area contributed by atoms with E-state index in [0.29, 0.717) is 16.7 Å². The van der Waals surface area contributed by atoms with E-state index >= 15 is 0 Å². The molecule has 8 heteroatoms. The first-order valence-corrected chi connectivity index (χ1v) is 5.31. The summed E-state index contributed by atoms with van der Waals surface area (Å²) in [6.07, 6.45) is 0.134. The summed E-state index contributed by atoms with van der Waals surface area (Å²) < 4.78 is 5.00. The summed E-state index contributed by atoms with van der Waals surface area (Å²) >= 11 is 1.29. The molecule has 2 aromatic rings. The maximum atomic E-state index is 11.5. The summed E-state index contributed by atoms with van der Waals surface area (Å²) in [7, 11) is 0. The molecule has 0 saturated heterocycles. The number of carbonyl (C=O) groups is 1. The molecule has 0 radical (unpaired) electrons. The first-order valence-electron chi connectivity index (χ1n) is 4.43. The van der Waals surface area contributed by atoms with Crippen molar-refractivity contribution < 1.29 is 9.21 Å². The van der Waals surface area contributed by atoms with E-state index in [1.165, 1.54) is 11.3 Å². The Kier molecular flexibility index (Phi) is 2.82. The number of aryl methyl sites for hydroxylation is 1. The van der Waals surface area contributed by atoms with E-state index in [-0.39, 0.29) is 18.3 Å². The highest BCUT2D eigenvalue weighted by Crippen LogP contribution is 2.12. The first-order chi connectivity index (χ1) is 7.63. The number of aromatic nitrogens is 3. The minimum Gasteiger partial charge on any atom is -0.408 e. The van der Waals surface area contributed by atoms with E-state index in [2.05, 4.69) is 20.5 Å². The van der Waals surface area contributed by atoms with Crippen molar-refractivity contribution in [3.8, 4) is 0 Å². The highest BCUT2D eigenvalue weighted by atomic mass is 32.1. The Bertz CT molecular complexity index is 462. The third-order valence-electron chi connectivity index (χ3n) is 1.68. The van der Waals surface area contributed by atoms with Gasteiger partial charge in [0, 0.05) is 12.3 Å². The molecule has 7 nitrogen and oxygen atoms in total. The Balaban J connectivity index is 1.94. The zero-order chi connectivity index (χ0) is 11.5. The molecule has 0 saturated carbocycles. The fraction of sp³-hybridized carbons (Fsp3) is 0.250. The van der Waals surface area contributed by atoms with Gasteiger partial charge in [-0.2, -0.15) is 0 Å². The van der Waals surface area contributed by atoms with E-state index in [0.717, 1.165) is 0 Å². The summed E-state index contributed by atoms with van der Waals surface area (Å²) in [5.74, 6) is 0.127. The monoisotopic (exact) mass is 239 g/mol. The molecule has 0 atom stereocenters. The summed E-state index contributed by atoms with van der Waals surface area (Å²) in [5.41, 5.74) is 6.07. The number of thiazole rings is 1. The SMILES string of the molecule is Cc1nnc(NC(=O)Cc2csc(N)n2)o1. The van der Waals surface area contributed by atoms with Gasteiger partial charge >= 0.3 is 6.01 Å². The topological polar surface area (TPSA) is 107 Å². The van der Waals surface area contributed by atoms with Crippen molar-refractivity contribution in [1.82, 2.24) is 15.2 Å². The molecule has 1 amide bonds. The van der Waals surface area contributed by atoms with Gasteiger partial charge in [-0.15, -0.1) is 16.4 Å². The minimum absolute atomic E-state index is 0.0886. The molecule has 0 aliphatic heterocycles. The second-order valence-corrected chi connectivity index (χ2v) is 3.92. The lowest BCUT2D eigenvalue weighted by Gasteiger charge is -1.96. The molecule has 16 heavy (non-hydrogen) atoms. The number of rotatable bonds is 3. The van der Waals surface area contributed by atoms with Crippen molar-refractivity contribution >= 4 is 28.4 Å². The lowest BCUT2D eigenvalue weighted by molar-refractivity contribution is -0.115. The Morgan fingerprint density at radius 1 is 1.62 bits per heavy atom. The lowest BCUT2D eigenvalue weighted by atomic mass is 10.3. The third-order valence-corrected chi connectivity index (χ3v) is 2.41. The van der Waals surface area contributed by atoms with Gasteiger partial charge in [-0.25, -0.2) is 4.98 Å². The zero-order valence-corrected chi connectivity index (χ0v) is 9.24. The van der Waals surface area contributed by atoms with Crippen molar-refractivity contribution in [3.63, 3.8) is 0 Å². The van der Waals surface area contributed by atoms with Crippen LogP contribution in [0.1, 0.15) is 11.6 Å². The molecule has 2 aromatic heterocycles. The predicted octanol–water partition coefficient (Wildman–Crippen LogP) is 0.598. The highest BCUT2D eigenvalue weighted by Gasteiger charge is 2.10. The van der Waals surface area contributed by atoms with Crippen molar-refractivity contribution in [3.05, 3.63) is 17.0 Å². The molecule has 0 aliphatic rings. The summed E-state index contributed by atoms with van der Waals surface area (Å²) in [6.45, 7) is 1.64. The van der Waals surface area contributed by atoms with Gasteiger partial charge in [0.1, 0.15) is 0 Å². The smallest absolute Gasteiger partial charge is 0.322 e. The summed E-state index contributed by atoms with van der Waals surface area (Å²) in [5, 5.41) is 11.9. The summed E-state index contributed by atoms with van der Waals surface area (Å²) in [6, 6.07) is 0.0886. The molecule has 0 spiro atoms. The molecule has 0 bridgehead atoms. The number of amides is 1. The number of hydrogen-bond acceptors (Lipinski definition) is 7. The third kappa shape index (κ3) is 2.54. The normalized spacial score (nSPS) is 10.3.